The molecule has 7 nitrogen and oxygen atoms in total. The van der Waals surface area contributed by atoms with Crippen LogP contribution < -0.4 is 0 Å². The van der Waals surface area contributed by atoms with Gasteiger partial charge in [-0.2, -0.15) is 0 Å². The number of carbonyl (C=O) groups is 1. The monoisotopic (exact) mass is 388 g/mol. The maximum Gasteiger partial charge on any atom is 0.332 e. The van der Waals surface area contributed by atoms with E-state index in [-0.39, 0.29) is 24.5 Å². The molecule has 0 aromatic rings. The lowest BCUT2D eigenvalue weighted by Crippen LogP contribution is -2.35. The van der Waals surface area contributed by atoms with Crippen LogP contribution in [0.25, 0.3) is 0 Å². The Kier molecular flexibility index (Phi) is 9.38. The van der Waals surface area contributed by atoms with Crippen molar-refractivity contribution in [3.63, 3.8) is 0 Å². The van der Waals surface area contributed by atoms with Gasteiger partial charge in [-0.1, -0.05) is 34.3 Å². The van der Waals surface area contributed by atoms with Gasteiger partial charge in [0.15, 0.2) is 17.9 Å². The Labute approximate surface area is 163 Å². The number of esters is 1. The number of methoxy groups -OCH3 is 1. The molecule has 0 spiro atoms. The third-order valence-electron chi connectivity index (χ3n) is 5.08. The van der Waals surface area contributed by atoms with Crippen LogP contribution in [0.5, 0.6) is 0 Å². The summed E-state index contributed by atoms with van der Waals surface area (Å²) in [6.07, 6.45) is 3.19. The zero-order chi connectivity index (χ0) is 20.7. The summed E-state index contributed by atoms with van der Waals surface area (Å²) in [6.45, 7) is 13.3. The number of ether oxygens (including phenoxy) is 5. The number of aliphatic hydroxyl groups is 1. The number of hydrogen-bond donors (Lipinski definition) is 1. The van der Waals surface area contributed by atoms with Crippen molar-refractivity contribution in [2.45, 2.75) is 96.8 Å². The summed E-state index contributed by atoms with van der Waals surface area (Å²) < 4.78 is 27.7. The highest BCUT2D eigenvalue weighted by Crippen LogP contribution is 2.41. The Morgan fingerprint density at radius 1 is 1.22 bits per heavy atom. The van der Waals surface area contributed by atoms with Crippen LogP contribution in [0.3, 0.4) is 0 Å². The number of rotatable bonds is 8. The van der Waals surface area contributed by atoms with Crippen LogP contribution in [-0.4, -0.2) is 54.9 Å². The first kappa shape index (κ1) is 24.0. The summed E-state index contributed by atoms with van der Waals surface area (Å²) in [5.74, 6) is -1.87. The van der Waals surface area contributed by atoms with Crippen molar-refractivity contribution in [2.75, 3.05) is 13.7 Å². The van der Waals surface area contributed by atoms with Crippen LogP contribution in [0.4, 0.5) is 0 Å². The van der Waals surface area contributed by atoms with Gasteiger partial charge in [0.2, 0.25) is 0 Å². The summed E-state index contributed by atoms with van der Waals surface area (Å²) in [7, 11) is 1.33. The molecular weight excluding hydrogens is 352 g/mol. The van der Waals surface area contributed by atoms with Crippen molar-refractivity contribution in [2.24, 2.45) is 0 Å². The Bertz CT molecular complexity index is 467. The van der Waals surface area contributed by atoms with Gasteiger partial charge in [0.1, 0.15) is 6.10 Å². The molecule has 2 aliphatic heterocycles. The number of carbonyl (C=O) groups excluding carboxylic acids is 1. The highest BCUT2D eigenvalue weighted by molar-refractivity contribution is 5.86. The minimum atomic E-state index is -1.04. The maximum absolute atomic E-state index is 10.2. The highest BCUT2D eigenvalue weighted by atomic mass is 16.8. The van der Waals surface area contributed by atoms with Gasteiger partial charge in [-0.05, 0) is 32.6 Å². The molecular formula is C20H36O7. The third kappa shape index (κ3) is 6.54. The smallest absolute Gasteiger partial charge is 0.332 e. The number of fused-ring (bicyclic) bond motifs is 1. The average Bonchev–Trinajstić information content (AvgIpc) is 3.21. The lowest BCUT2D eigenvalue weighted by atomic mass is 10.1. The molecule has 158 valence electrons. The van der Waals surface area contributed by atoms with Crippen molar-refractivity contribution in [1.82, 2.24) is 0 Å². The first-order chi connectivity index (χ1) is 12.7. The van der Waals surface area contributed by atoms with Gasteiger partial charge in [-0.25, -0.2) is 4.79 Å². The van der Waals surface area contributed by atoms with Crippen LogP contribution >= 0.6 is 0 Å². The molecule has 7 heteroatoms. The molecule has 0 saturated carbocycles. The van der Waals surface area contributed by atoms with Crippen molar-refractivity contribution >= 4 is 5.97 Å². The Morgan fingerprint density at radius 3 is 2.19 bits per heavy atom. The normalized spacial score (nSPS) is 26.1. The summed E-state index contributed by atoms with van der Waals surface area (Å²) in [5, 5.41) is 10.1. The van der Waals surface area contributed by atoms with E-state index in [1.165, 1.54) is 7.11 Å². The summed E-state index contributed by atoms with van der Waals surface area (Å²) in [4.78, 5) is 10.2. The second kappa shape index (κ2) is 10.5. The largest absolute Gasteiger partial charge is 0.466 e. The van der Waals surface area contributed by atoms with Crippen LogP contribution in [0.1, 0.15) is 66.7 Å². The minimum absolute atomic E-state index is 0.0140. The highest BCUT2D eigenvalue weighted by Gasteiger charge is 2.51. The summed E-state index contributed by atoms with van der Waals surface area (Å²) >= 11 is 0. The molecule has 27 heavy (non-hydrogen) atoms. The summed E-state index contributed by atoms with van der Waals surface area (Å²) in [6, 6.07) is 0. The molecule has 0 aromatic carbocycles. The molecule has 2 rings (SSSR count). The molecule has 2 aliphatic rings. The lowest BCUT2D eigenvalue weighted by molar-refractivity contribution is -0.251. The van der Waals surface area contributed by atoms with E-state index < -0.39 is 11.6 Å². The average molecular weight is 389 g/mol. The van der Waals surface area contributed by atoms with Crippen molar-refractivity contribution < 1.29 is 33.6 Å². The van der Waals surface area contributed by atoms with Gasteiger partial charge in [-0.3, -0.25) is 0 Å². The molecule has 1 N–H and O–H groups in total. The number of hydrogen-bond acceptors (Lipinski definition) is 7. The Hall–Kier alpha value is -0.990. The lowest BCUT2D eigenvalue weighted by Gasteiger charge is -2.29. The van der Waals surface area contributed by atoms with E-state index in [9.17, 15) is 9.90 Å². The molecule has 2 saturated heterocycles. The predicted molar refractivity (Wildman–Crippen MR) is 101 cm³/mol. The maximum atomic E-state index is 10.2. The molecule has 2 fully saturated rings. The quantitative estimate of drug-likeness (QED) is 0.388. The standard InChI is InChI=1S/C15H28O5.C5H8O2/c1-5-14(16,6-2)17-10-11-9-12-13(18-11)20-15(7-3,8-4)19-12;1-4(2)5(6)7-3/h11-13,16H,5-10H2,1-4H3;1H2,2-3H3/t11-,12-,13-;/m0./s1. The fourth-order valence-electron chi connectivity index (χ4n) is 2.99. The van der Waals surface area contributed by atoms with Crippen molar-refractivity contribution in [3.8, 4) is 0 Å². The zero-order valence-electron chi connectivity index (χ0n) is 17.6. The van der Waals surface area contributed by atoms with E-state index in [1.54, 1.807) is 6.92 Å². The Morgan fingerprint density at radius 2 is 1.81 bits per heavy atom. The molecule has 2 heterocycles. The molecule has 0 amide bonds. The fourth-order valence-corrected chi connectivity index (χ4v) is 2.99. The minimum Gasteiger partial charge on any atom is -0.466 e. The van der Waals surface area contributed by atoms with Gasteiger partial charge in [0.05, 0.1) is 19.8 Å². The van der Waals surface area contributed by atoms with E-state index in [1.807, 2.05) is 13.8 Å². The van der Waals surface area contributed by atoms with Crippen LogP contribution in [0.2, 0.25) is 0 Å². The van der Waals surface area contributed by atoms with Gasteiger partial charge in [0, 0.05) is 12.0 Å². The van der Waals surface area contributed by atoms with Gasteiger partial charge in [-0.15, -0.1) is 0 Å². The van der Waals surface area contributed by atoms with Crippen LogP contribution in [0.15, 0.2) is 12.2 Å². The molecule has 0 radical (unpaired) electrons. The van der Waals surface area contributed by atoms with Gasteiger partial charge in [0.25, 0.3) is 0 Å². The van der Waals surface area contributed by atoms with E-state index in [0.29, 0.717) is 25.0 Å². The fraction of sp³-hybridized carbons (Fsp3) is 0.850. The van der Waals surface area contributed by atoms with E-state index >= 15 is 0 Å². The third-order valence-corrected chi connectivity index (χ3v) is 5.08. The van der Waals surface area contributed by atoms with Gasteiger partial charge >= 0.3 is 5.97 Å². The second-order valence-corrected chi connectivity index (χ2v) is 6.99. The van der Waals surface area contributed by atoms with E-state index in [2.05, 4.69) is 25.2 Å². The summed E-state index contributed by atoms with van der Waals surface area (Å²) in [5.41, 5.74) is 0.433. The van der Waals surface area contributed by atoms with Crippen LogP contribution in [-0.2, 0) is 28.5 Å². The molecule has 0 bridgehead atoms. The van der Waals surface area contributed by atoms with Crippen molar-refractivity contribution in [1.29, 1.82) is 0 Å². The predicted octanol–water partition coefficient (Wildman–Crippen LogP) is 3.29. The van der Waals surface area contributed by atoms with Gasteiger partial charge < -0.3 is 28.8 Å². The molecule has 0 aromatic heterocycles. The van der Waals surface area contributed by atoms with Crippen LogP contribution in [0, 0.1) is 0 Å². The SMILES string of the molecule is C=C(C)C(=O)OC.CCC(O)(CC)OC[C@@H]1C[C@@H]2OC(CC)(CC)O[C@@H]2O1. The topological polar surface area (TPSA) is 83.5 Å². The zero-order valence-corrected chi connectivity index (χ0v) is 17.6. The Balaban J connectivity index is 0.000000445. The van der Waals surface area contributed by atoms with E-state index in [4.69, 9.17) is 18.9 Å². The molecule has 3 atom stereocenters. The first-order valence-electron chi connectivity index (χ1n) is 9.79. The van der Waals surface area contributed by atoms with Crippen molar-refractivity contribution in [3.05, 3.63) is 12.2 Å². The van der Waals surface area contributed by atoms with E-state index in [0.717, 1.165) is 19.3 Å². The molecule has 0 unspecified atom stereocenters. The molecule has 0 aliphatic carbocycles. The second-order valence-electron chi connectivity index (χ2n) is 6.99. The first-order valence-corrected chi connectivity index (χ1v) is 9.79.